The highest BCUT2D eigenvalue weighted by Crippen LogP contribution is 2.24. The van der Waals surface area contributed by atoms with Crippen LogP contribution >= 0.6 is 0 Å². The van der Waals surface area contributed by atoms with E-state index < -0.39 is 0 Å². The van der Waals surface area contributed by atoms with Gasteiger partial charge < -0.3 is 0 Å². The van der Waals surface area contributed by atoms with E-state index in [2.05, 4.69) is 18.2 Å². The van der Waals surface area contributed by atoms with Crippen LogP contribution < -0.4 is 0 Å². The third-order valence-corrected chi connectivity index (χ3v) is 4.93. The van der Waals surface area contributed by atoms with Crippen molar-refractivity contribution in [3.05, 3.63) is 82.4 Å². The second-order valence-corrected chi connectivity index (χ2v) is 6.68. The first-order valence-electron chi connectivity index (χ1n) is 9.33. The first-order chi connectivity index (χ1) is 12.8. The van der Waals surface area contributed by atoms with Crippen LogP contribution in [-0.2, 0) is 17.6 Å². The number of carbonyl (C=O) groups is 2. The summed E-state index contributed by atoms with van der Waals surface area (Å²) in [6.45, 7) is 0. The van der Waals surface area contributed by atoms with Gasteiger partial charge in [0.25, 0.3) is 0 Å². The van der Waals surface area contributed by atoms with Crippen LogP contribution in [0.1, 0.15) is 58.3 Å². The highest BCUT2D eigenvalue weighted by Gasteiger charge is 2.11. The lowest BCUT2D eigenvalue weighted by Gasteiger charge is -2.16. The zero-order chi connectivity index (χ0) is 18.2. The van der Waals surface area contributed by atoms with Gasteiger partial charge in [-0.05, 0) is 60.1 Å². The van der Waals surface area contributed by atoms with Gasteiger partial charge in [-0.2, -0.15) is 0 Å². The van der Waals surface area contributed by atoms with E-state index in [0.29, 0.717) is 5.56 Å². The predicted molar refractivity (Wildman–Crippen MR) is 107 cm³/mol. The van der Waals surface area contributed by atoms with Crippen LogP contribution in [0.25, 0.3) is 12.2 Å². The van der Waals surface area contributed by atoms with Crippen LogP contribution in [0.5, 0.6) is 0 Å². The smallest absolute Gasteiger partial charge is 0.186 e. The average Bonchev–Trinajstić information content (AvgIpc) is 2.65. The number of ketones is 1. The largest absolute Gasteiger partial charge is 0.299 e. The molecular formula is C24H24O2. The van der Waals surface area contributed by atoms with E-state index in [1.165, 1.54) is 42.9 Å². The first kappa shape index (κ1) is 18.1. The molecule has 0 saturated heterocycles. The molecule has 0 bridgehead atoms. The van der Waals surface area contributed by atoms with Crippen LogP contribution in [0.15, 0.2) is 54.6 Å². The van der Waals surface area contributed by atoms with Gasteiger partial charge in [-0.3, -0.25) is 9.59 Å². The van der Waals surface area contributed by atoms with Crippen LogP contribution in [-0.4, -0.2) is 12.1 Å². The van der Waals surface area contributed by atoms with Crippen molar-refractivity contribution in [1.82, 2.24) is 0 Å². The minimum absolute atomic E-state index is 0.0420. The van der Waals surface area contributed by atoms with Crippen molar-refractivity contribution in [3.8, 4) is 0 Å². The van der Waals surface area contributed by atoms with E-state index in [-0.39, 0.29) is 5.78 Å². The highest BCUT2D eigenvalue weighted by molar-refractivity contribution is 6.09. The minimum Gasteiger partial charge on any atom is -0.299 e. The van der Waals surface area contributed by atoms with Gasteiger partial charge in [0, 0.05) is 5.56 Å². The standard InChI is InChI=1S/C24H24O2/c25-18-8-13-20-10-5-6-15-23(20)24(26)17-16-21-12-7-11-19-9-3-1-2-4-14-22(19)21/h5-8,10-13,15-18H,1-4,9,14H2/b13-8+,17-16+. The molecule has 2 heteroatoms. The summed E-state index contributed by atoms with van der Waals surface area (Å²) < 4.78 is 0. The van der Waals surface area contributed by atoms with Gasteiger partial charge in [0.1, 0.15) is 6.29 Å². The second-order valence-electron chi connectivity index (χ2n) is 6.68. The molecule has 0 N–H and O–H groups in total. The normalized spacial score (nSPS) is 14.8. The Bertz CT molecular complexity index is 843. The summed E-state index contributed by atoms with van der Waals surface area (Å²) in [7, 11) is 0. The van der Waals surface area contributed by atoms with Crippen molar-refractivity contribution in [2.45, 2.75) is 38.5 Å². The molecule has 132 valence electrons. The molecule has 0 unspecified atom stereocenters. The van der Waals surface area contributed by atoms with Gasteiger partial charge in [0.2, 0.25) is 0 Å². The summed E-state index contributed by atoms with van der Waals surface area (Å²) in [6, 6.07) is 13.8. The van der Waals surface area contributed by atoms with E-state index >= 15 is 0 Å². The number of fused-ring (bicyclic) bond motifs is 1. The quantitative estimate of drug-likeness (QED) is 0.410. The molecule has 0 spiro atoms. The minimum atomic E-state index is -0.0420. The monoisotopic (exact) mass is 344 g/mol. The van der Waals surface area contributed by atoms with Crippen molar-refractivity contribution in [3.63, 3.8) is 0 Å². The van der Waals surface area contributed by atoms with Crippen LogP contribution in [0.4, 0.5) is 0 Å². The lowest BCUT2D eigenvalue weighted by Crippen LogP contribution is -2.02. The summed E-state index contributed by atoms with van der Waals surface area (Å²) in [4.78, 5) is 23.3. The van der Waals surface area contributed by atoms with Crippen molar-refractivity contribution >= 4 is 24.2 Å². The number of allylic oxidation sites excluding steroid dienone is 2. The molecule has 26 heavy (non-hydrogen) atoms. The second kappa shape index (κ2) is 9.10. The van der Waals surface area contributed by atoms with Gasteiger partial charge in [0.15, 0.2) is 5.78 Å². The lowest BCUT2D eigenvalue weighted by molar-refractivity contribution is -0.104. The molecule has 0 atom stereocenters. The third kappa shape index (κ3) is 4.45. The maximum atomic E-state index is 12.7. The van der Waals surface area contributed by atoms with Gasteiger partial charge in [-0.1, -0.05) is 67.5 Å². The molecule has 0 fully saturated rings. The summed E-state index contributed by atoms with van der Waals surface area (Å²) in [5, 5.41) is 0. The van der Waals surface area contributed by atoms with Gasteiger partial charge in [-0.25, -0.2) is 0 Å². The molecule has 0 aromatic heterocycles. The predicted octanol–water partition coefficient (Wildman–Crippen LogP) is 5.45. The van der Waals surface area contributed by atoms with E-state index in [1.54, 1.807) is 18.2 Å². The van der Waals surface area contributed by atoms with Crippen LogP contribution in [0.2, 0.25) is 0 Å². The molecule has 0 radical (unpaired) electrons. The number of carbonyl (C=O) groups excluding carboxylic acids is 2. The van der Waals surface area contributed by atoms with Crippen molar-refractivity contribution in [1.29, 1.82) is 0 Å². The molecule has 0 aliphatic heterocycles. The maximum Gasteiger partial charge on any atom is 0.186 e. The van der Waals surface area contributed by atoms with Gasteiger partial charge >= 0.3 is 0 Å². The summed E-state index contributed by atoms with van der Waals surface area (Å²) in [6.07, 6.45) is 14.7. The fourth-order valence-corrected chi connectivity index (χ4v) is 3.59. The molecule has 1 aliphatic rings. The summed E-state index contributed by atoms with van der Waals surface area (Å²) >= 11 is 0. The van der Waals surface area contributed by atoms with Crippen LogP contribution in [0.3, 0.4) is 0 Å². The number of hydrogen-bond acceptors (Lipinski definition) is 2. The zero-order valence-electron chi connectivity index (χ0n) is 15.0. The van der Waals surface area contributed by atoms with Gasteiger partial charge in [0.05, 0.1) is 0 Å². The molecule has 0 heterocycles. The molecule has 2 aromatic carbocycles. The molecule has 2 aromatic rings. The number of aryl methyl sites for hydroxylation is 1. The Kier molecular flexibility index (Phi) is 6.32. The zero-order valence-corrected chi connectivity index (χ0v) is 15.0. The molecule has 0 saturated carbocycles. The van der Waals surface area contributed by atoms with E-state index in [1.807, 2.05) is 24.3 Å². The molecule has 3 rings (SSSR count). The molecule has 0 amide bonds. The fraction of sp³-hybridized carbons (Fsp3) is 0.250. The number of rotatable bonds is 5. The van der Waals surface area contributed by atoms with Crippen LogP contribution in [0, 0.1) is 0 Å². The van der Waals surface area contributed by atoms with Crippen molar-refractivity contribution in [2.75, 3.05) is 0 Å². The van der Waals surface area contributed by atoms with Crippen molar-refractivity contribution < 1.29 is 9.59 Å². The Morgan fingerprint density at radius 1 is 0.808 bits per heavy atom. The SMILES string of the molecule is O=C/C=C/c1ccccc1C(=O)/C=C/c1cccc2c1CCCCCC2. The summed E-state index contributed by atoms with van der Waals surface area (Å²) in [5.41, 5.74) is 5.34. The lowest BCUT2D eigenvalue weighted by atomic mass is 9.89. The highest BCUT2D eigenvalue weighted by atomic mass is 16.1. The first-order valence-corrected chi connectivity index (χ1v) is 9.33. The Hall–Kier alpha value is -2.74. The maximum absolute atomic E-state index is 12.7. The van der Waals surface area contributed by atoms with Gasteiger partial charge in [-0.15, -0.1) is 0 Å². The Morgan fingerprint density at radius 3 is 2.42 bits per heavy atom. The Morgan fingerprint density at radius 2 is 1.58 bits per heavy atom. The topological polar surface area (TPSA) is 34.1 Å². The number of aldehydes is 1. The van der Waals surface area contributed by atoms with E-state index in [9.17, 15) is 9.59 Å². The molecular weight excluding hydrogens is 320 g/mol. The molecule has 2 nitrogen and oxygen atoms in total. The van der Waals surface area contributed by atoms with Crippen molar-refractivity contribution in [2.24, 2.45) is 0 Å². The molecule has 1 aliphatic carbocycles. The number of benzene rings is 2. The fourth-order valence-electron chi connectivity index (χ4n) is 3.59. The average molecular weight is 344 g/mol. The Labute approximate surface area is 155 Å². The number of hydrogen-bond donors (Lipinski definition) is 0. The van der Waals surface area contributed by atoms with E-state index in [0.717, 1.165) is 30.3 Å². The third-order valence-electron chi connectivity index (χ3n) is 4.93. The summed E-state index contributed by atoms with van der Waals surface area (Å²) in [5.74, 6) is -0.0420. The van der Waals surface area contributed by atoms with E-state index in [4.69, 9.17) is 0 Å². The Balaban J connectivity index is 1.87.